The van der Waals surface area contributed by atoms with Crippen molar-refractivity contribution in [3.8, 4) is 0 Å². The maximum atomic E-state index is 5.78. The topological polar surface area (TPSA) is 29.3 Å². The Morgan fingerprint density at radius 1 is 1.21 bits per heavy atom. The van der Waals surface area contributed by atoms with Crippen molar-refractivity contribution in [3.63, 3.8) is 0 Å². The summed E-state index contributed by atoms with van der Waals surface area (Å²) in [5.74, 6) is 0. The van der Waals surface area contributed by atoms with Gasteiger partial charge in [-0.25, -0.2) is 0 Å². The number of rotatable bonds is 6. The van der Waals surface area contributed by atoms with Crippen LogP contribution in [0.3, 0.4) is 0 Å². The first-order chi connectivity index (χ1) is 9.20. The summed E-state index contributed by atoms with van der Waals surface area (Å²) >= 11 is 6.91. The molecule has 0 aliphatic carbocycles. The van der Waals surface area contributed by atoms with Crippen LogP contribution in [-0.4, -0.2) is 16.4 Å². The Morgan fingerprint density at radius 2 is 2.00 bits per heavy atom. The van der Waals surface area contributed by atoms with Gasteiger partial charge in [-0.1, -0.05) is 49.5 Å². The minimum absolute atomic E-state index is 0.475. The van der Waals surface area contributed by atoms with E-state index < -0.39 is 0 Å². The molecule has 4 heteroatoms. The maximum absolute atomic E-state index is 5.78. The summed E-state index contributed by atoms with van der Waals surface area (Å²) in [4.78, 5) is 4.25. The summed E-state index contributed by atoms with van der Waals surface area (Å²) in [6, 6.07) is 12.4. The lowest BCUT2D eigenvalue weighted by molar-refractivity contribution is 0.274. The van der Waals surface area contributed by atoms with E-state index in [0.717, 1.165) is 25.2 Å². The molecule has 0 radical (unpaired) electrons. The molecule has 1 heterocycles. The van der Waals surface area contributed by atoms with Gasteiger partial charge in [0.2, 0.25) is 0 Å². The van der Waals surface area contributed by atoms with Crippen LogP contribution >= 0.6 is 23.6 Å². The number of thiocarbonyl (C=S) groups is 1. The van der Waals surface area contributed by atoms with Crippen LogP contribution in [0.4, 0.5) is 0 Å². The summed E-state index contributed by atoms with van der Waals surface area (Å²) in [6.45, 7) is 5.03. The van der Waals surface area contributed by atoms with Crippen molar-refractivity contribution in [2.24, 2.45) is 5.73 Å². The summed E-state index contributed by atoms with van der Waals surface area (Å²) in [5, 5.41) is 2.12. The Kier molecular flexibility index (Phi) is 5.07. The second-order valence-electron chi connectivity index (χ2n) is 4.40. The van der Waals surface area contributed by atoms with Crippen LogP contribution in [0, 0.1) is 0 Å². The van der Waals surface area contributed by atoms with E-state index in [9.17, 15) is 0 Å². The van der Waals surface area contributed by atoms with E-state index >= 15 is 0 Å². The molecule has 0 atom stereocenters. The van der Waals surface area contributed by atoms with E-state index in [1.54, 1.807) is 11.3 Å². The highest BCUT2D eigenvalue weighted by molar-refractivity contribution is 7.80. The zero-order chi connectivity index (χ0) is 13.7. The Bertz CT molecular complexity index is 535. The van der Waals surface area contributed by atoms with Gasteiger partial charge in [0.25, 0.3) is 0 Å². The molecule has 19 heavy (non-hydrogen) atoms. The predicted molar refractivity (Wildman–Crippen MR) is 86.4 cm³/mol. The number of hydrogen-bond acceptors (Lipinski definition) is 3. The molecule has 0 unspecified atom stereocenters. The van der Waals surface area contributed by atoms with Gasteiger partial charge >= 0.3 is 0 Å². The van der Waals surface area contributed by atoms with Gasteiger partial charge < -0.3 is 5.73 Å². The molecule has 2 rings (SSSR count). The monoisotopic (exact) mass is 290 g/mol. The molecule has 0 aliphatic rings. The molecule has 0 amide bonds. The van der Waals surface area contributed by atoms with Gasteiger partial charge in [0.1, 0.15) is 4.99 Å². The Labute approximate surface area is 123 Å². The fourth-order valence-corrected chi connectivity index (χ4v) is 2.99. The van der Waals surface area contributed by atoms with Crippen LogP contribution < -0.4 is 5.73 Å². The standard InChI is InChI=1S/C15H18N2S2/c1-2-17(11-13-7-5-9-19-13)10-12-6-3-4-8-14(12)15(16)18/h3-9H,2,10-11H2,1H3,(H2,16,18). The maximum Gasteiger partial charge on any atom is 0.104 e. The highest BCUT2D eigenvalue weighted by atomic mass is 32.1. The molecule has 0 saturated heterocycles. The molecular weight excluding hydrogens is 272 g/mol. The van der Waals surface area contributed by atoms with E-state index in [1.165, 1.54) is 10.4 Å². The Balaban J connectivity index is 2.12. The van der Waals surface area contributed by atoms with Gasteiger partial charge in [0.05, 0.1) is 0 Å². The predicted octanol–water partition coefficient (Wildman–Crippen LogP) is 3.40. The molecule has 0 spiro atoms. The zero-order valence-corrected chi connectivity index (χ0v) is 12.6. The summed E-state index contributed by atoms with van der Waals surface area (Å²) in [7, 11) is 0. The van der Waals surface area contributed by atoms with Crippen molar-refractivity contribution in [1.82, 2.24) is 4.90 Å². The third kappa shape index (κ3) is 3.86. The zero-order valence-electron chi connectivity index (χ0n) is 11.0. The van der Waals surface area contributed by atoms with Gasteiger partial charge in [-0.05, 0) is 23.6 Å². The summed E-state index contributed by atoms with van der Waals surface area (Å²) in [6.07, 6.45) is 0. The Hall–Kier alpha value is -1.23. The molecule has 0 bridgehead atoms. The van der Waals surface area contributed by atoms with Gasteiger partial charge in [-0.2, -0.15) is 0 Å². The van der Waals surface area contributed by atoms with E-state index in [1.807, 2.05) is 18.2 Å². The normalized spacial score (nSPS) is 10.8. The van der Waals surface area contributed by atoms with Crippen LogP contribution in [0.5, 0.6) is 0 Å². The van der Waals surface area contributed by atoms with E-state index in [4.69, 9.17) is 18.0 Å². The molecule has 2 aromatic rings. The van der Waals surface area contributed by atoms with E-state index in [-0.39, 0.29) is 0 Å². The first-order valence-corrected chi connectivity index (χ1v) is 7.62. The minimum atomic E-state index is 0.475. The first kappa shape index (κ1) is 14.2. The minimum Gasteiger partial charge on any atom is -0.389 e. The smallest absolute Gasteiger partial charge is 0.104 e. The van der Waals surface area contributed by atoms with E-state index in [2.05, 4.69) is 35.4 Å². The molecule has 2 nitrogen and oxygen atoms in total. The number of benzene rings is 1. The van der Waals surface area contributed by atoms with Crippen molar-refractivity contribution >= 4 is 28.5 Å². The van der Waals surface area contributed by atoms with Crippen LogP contribution in [-0.2, 0) is 13.1 Å². The fraction of sp³-hybridized carbons (Fsp3) is 0.267. The van der Waals surface area contributed by atoms with Crippen LogP contribution in [0.1, 0.15) is 22.9 Å². The Morgan fingerprint density at radius 3 is 2.63 bits per heavy atom. The average Bonchev–Trinajstić information content (AvgIpc) is 2.91. The van der Waals surface area contributed by atoms with Crippen LogP contribution in [0.25, 0.3) is 0 Å². The molecule has 1 aromatic carbocycles. The van der Waals surface area contributed by atoms with Crippen molar-refractivity contribution < 1.29 is 0 Å². The first-order valence-electron chi connectivity index (χ1n) is 6.33. The quantitative estimate of drug-likeness (QED) is 0.827. The number of hydrogen-bond donors (Lipinski definition) is 1. The fourth-order valence-electron chi connectivity index (χ4n) is 2.04. The molecule has 1 aromatic heterocycles. The third-order valence-corrected chi connectivity index (χ3v) is 4.16. The third-order valence-electron chi connectivity index (χ3n) is 3.08. The average molecular weight is 290 g/mol. The van der Waals surface area contributed by atoms with Crippen molar-refractivity contribution in [2.75, 3.05) is 6.54 Å². The molecule has 0 fully saturated rings. The molecule has 2 N–H and O–H groups in total. The highest BCUT2D eigenvalue weighted by Gasteiger charge is 2.10. The molecule has 0 aliphatic heterocycles. The van der Waals surface area contributed by atoms with E-state index in [0.29, 0.717) is 4.99 Å². The van der Waals surface area contributed by atoms with Crippen LogP contribution in [0.2, 0.25) is 0 Å². The lowest BCUT2D eigenvalue weighted by Gasteiger charge is -2.21. The molecular formula is C15H18N2S2. The largest absolute Gasteiger partial charge is 0.389 e. The number of thiophene rings is 1. The molecule has 0 saturated carbocycles. The summed E-state index contributed by atoms with van der Waals surface area (Å²) in [5.41, 5.74) is 7.97. The number of nitrogens with zero attached hydrogens (tertiary/aromatic N) is 1. The van der Waals surface area contributed by atoms with Gasteiger partial charge in [0.15, 0.2) is 0 Å². The van der Waals surface area contributed by atoms with Gasteiger partial charge in [-0.15, -0.1) is 11.3 Å². The van der Waals surface area contributed by atoms with Crippen LogP contribution in [0.15, 0.2) is 41.8 Å². The second kappa shape index (κ2) is 6.80. The molecule has 100 valence electrons. The lowest BCUT2D eigenvalue weighted by atomic mass is 10.1. The lowest BCUT2D eigenvalue weighted by Crippen LogP contribution is -2.24. The van der Waals surface area contributed by atoms with Crippen molar-refractivity contribution in [2.45, 2.75) is 20.0 Å². The SMILES string of the molecule is CCN(Cc1cccs1)Cc1ccccc1C(N)=S. The highest BCUT2D eigenvalue weighted by Crippen LogP contribution is 2.16. The second-order valence-corrected chi connectivity index (χ2v) is 5.88. The van der Waals surface area contributed by atoms with Crippen molar-refractivity contribution in [1.29, 1.82) is 0 Å². The van der Waals surface area contributed by atoms with Crippen molar-refractivity contribution in [3.05, 3.63) is 57.8 Å². The van der Waals surface area contributed by atoms with Gasteiger partial charge in [-0.3, -0.25) is 4.90 Å². The van der Waals surface area contributed by atoms with Gasteiger partial charge in [0, 0.05) is 23.5 Å². The summed E-state index contributed by atoms with van der Waals surface area (Å²) < 4.78 is 0. The number of nitrogens with two attached hydrogens (primary N) is 1.